The predicted octanol–water partition coefficient (Wildman–Crippen LogP) is 6.49. The number of quaternary nitrogens is 1. The van der Waals surface area contributed by atoms with E-state index in [0.29, 0.717) is 11.5 Å². The highest BCUT2D eigenvalue weighted by Gasteiger charge is 2.28. The van der Waals surface area contributed by atoms with Crippen molar-refractivity contribution in [3.8, 4) is 6.07 Å². The Morgan fingerprint density at radius 2 is 1.50 bits per heavy atom. The number of benzene rings is 5. The highest BCUT2D eigenvalue weighted by Crippen LogP contribution is 2.37. The van der Waals surface area contributed by atoms with Crippen LogP contribution in [0.5, 0.6) is 0 Å². The number of hydrogen-bond donors (Lipinski definition) is 1. The molecule has 2 aromatic heterocycles. The van der Waals surface area contributed by atoms with Crippen LogP contribution in [0.25, 0.3) is 43.7 Å². The highest BCUT2D eigenvalue weighted by atomic mass is 16.3. The fraction of sp³-hybridized carbons (Fsp3) is 0.0294. The number of amidine groups is 1. The van der Waals surface area contributed by atoms with Crippen LogP contribution in [-0.2, 0) is 0 Å². The third-order valence-electron chi connectivity index (χ3n) is 7.59. The van der Waals surface area contributed by atoms with Gasteiger partial charge < -0.3 is 4.42 Å². The first kappa shape index (κ1) is 22.5. The van der Waals surface area contributed by atoms with E-state index in [1.54, 1.807) is 0 Å². The Bertz CT molecular complexity index is 2210. The first-order valence-corrected chi connectivity index (χ1v) is 13.2. The number of nitrogens with zero attached hydrogens (tertiary/aromatic N) is 4. The monoisotopic (exact) mass is 516 g/mol. The number of hydrogen-bond acceptors (Lipinski definition) is 4. The predicted molar refractivity (Wildman–Crippen MR) is 158 cm³/mol. The smallest absolute Gasteiger partial charge is 0.240 e. The van der Waals surface area contributed by atoms with E-state index in [2.05, 4.69) is 64.5 Å². The van der Waals surface area contributed by atoms with Crippen molar-refractivity contribution in [2.45, 2.75) is 6.17 Å². The lowest BCUT2D eigenvalue weighted by molar-refractivity contribution is -0.586. The Hall–Kier alpha value is -5.51. The van der Waals surface area contributed by atoms with Gasteiger partial charge in [0.15, 0.2) is 0 Å². The topological polar surface area (TPSA) is 83.2 Å². The minimum absolute atomic E-state index is 0.300. The number of furan rings is 1. The molecule has 1 atom stereocenters. The summed E-state index contributed by atoms with van der Waals surface area (Å²) in [6.07, 6.45) is -0.300. The Morgan fingerprint density at radius 3 is 2.38 bits per heavy atom. The molecule has 0 radical (unpaired) electrons. The zero-order valence-electron chi connectivity index (χ0n) is 21.3. The molecule has 6 heteroatoms. The van der Waals surface area contributed by atoms with Gasteiger partial charge in [-0.2, -0.15) is 15.2 Å². The van der Waals surface area contributed by atoms with Crippen molar-refractivity contribution in [2.24, 2.45) is 9.98 Å². The Labute approximate surface area is 229 Å². The fourth-order valence-corrected chi connectivity index (χ4v) is 5.73. The average Bonchev–Trinajstić information content (AvgIpc) is 3.55. The maximum absolute atomic E-state index is 9.54. The minimum atomic E-state index is -0.300. The summed E-state index contributed by atoms with van der Waals surface area (Å²) in [5.41, 5.74) is 6.33. The van der Waals surface area contributed by atoms with Gasteiger partial charge in [-0.1, -0.05) is 66.7 Å². The maximum Gasteiger partial charge on any atom is 0.240 e. The lowest BCUT2D eigenvalue weighted by Gasteiger charge is -2.20. The van der Waals surface area contributed by atoms with Crippen molar-refractivity contribution in [3.63, 3.8) is 0 Å². The van der Waals surface area contributed by atoms with Gasteiger partial charge in [-0.05, 0) is 48.5 Å². The Kier molecular flexibility index (Phi) is 4.93. The summed E-state index contributed by atoms with van der Waals surface area (Å²) in [5.74, 6) is 1.45. The van der Waals surface area contributed by atoms with Crippen molar-refractivity contribution < 1.29 is 9.73 Å². The molecule has 0 bridgehead atoms. The molecule has 1 aliphatic rings. The molecule has 0 fully saturated rings. The third-order valence-corrected chi connectivity index (χ3v) is 7.59. The SMILES string of the molecule is N#Cc1cccc(C2N=C(n3c4ccccc4c4cc5oc6ccccc6c5cc43)N=C(c3ccccc3)[NH2+]2)c1. The number of rotatable bonds is 2. The Morgan fingerprint density at radius 1 is 0.700 bits per heavy atom. The molecule has 1 unspecified atom stereocenters. The van der Waals surface area contributed by atoms with Crippen LogP contribution in [0.2, 0.25) is 0 Å². The van der Waals surface area contributed by atoms with Gasteiger partial charge in [0.1, 0.15) is 11.2 Å². The van der Waals surface area contributed by atoms with Crippen LogP contribution < -0.4 is 5.32 Å². The van der Waals surface area contributed by atoms with E-state index >= 15 is 0 Å². The second kappa shape index (κ2) is 8.77. The van der Waals surface area contributed by atoms with Crippen LogP contribution in [0.3, 0.4) is 0 Å². The van der Waals surface area contributed by atoms with E-state index in [1.807, 2.05) is 66.7 Å². The van der Waals surface area contributed by atoms with Gasteiger partial charge in [-0.25, -0.2) is 0 Å². The van der Waals surface area contributed by atoms with Crippen molar-refractivity contribution >= 4 is 55.5 Å². The number of aliphatic imine (C=N–C) groups is 2. The van der Waals surface area contributed by atoms with E-state index in [4.69, 9.17) is 14.4 Å². The van der Waals surface area contributed by atoms with Crippen LogP contribution in [0.15, 0.2) is 130 Å². The van der Waals surface area contributed by atoms with Gasteiger partial charge in [-0.3, -0.25) is 9.88 Å². The lowest BCUT2D eigenvalue weighted by Crippen LogP contribution is -2.90. The van der Waals surface area contributed by atoms with Gasteiger partial charge in [0.2, 0.25) is 18.0 Å². The second-order valence-electron chi connectivity index (χ2n) is 9.96. The number of nitriles is 1. The molecular weight excluding hydrogens is 494 g/mol. The molecule has 0 spiro atoms. The molecule has 3 heterocycles. The van der Waals surface area contributed by atoms with Crippen LogP contribution in [0.4, 0.5) is 0 Å². The number of fused-ring (bicyclic) bond motifs is 6. The van der Waals surface area contributed by atoms with Crippen molar-refractivity contribution in [1.82, 2.24) is 4.57 Å². The maximum atomic E-state index is 9.54. The van der Waals surface area contributed by atoms with Gasteiger partial charge in [0.25, 0.3) is 0 Å². The third kappa shape index (κ3) is 3.46. The standard InChI is InChI=1S/C34H21N5O/c35-20-21-9-8-12-23(17-21)33-36-32(22-10-2-1-3-11-22)37-34(38-33)39-28-15-6-4-13-24(28)26-19-31-27(18-29(26)39)25-14-5-7-16-30(25)40-31/h1-19,33H,(H,36,37,38)/p+1. The molecule has 7 aromatic rings. The molecule has 0 amide bonds. The van der Waals surface area contributed by atoms with Gasteiger partial charge in [0, 0.05) is 27.1 Å². The molecule has 188 valence electrons. The molecule has 0 saturated carbocycles. The van der Waals surface area contributed by atoms with Crippen molar-refractivity contribution in [3.05, 3.63) is 132 Å². The van der Waals surface area contributed by atoms with E-state index in [1.165, 1.54) is 0 Å². The summed E-state index contributed by atoms with van der Waals surface area (Å²) in [6.45, 7) is 0. The normalized spacial score (nSPS) is 15.4. The van der Waals surface area contributed by atoms with E-state index < -0.39 is 0 Å². The van der Waals surface area contributed by atoms with Crippen LogP contribution >= 0.6 is 0 Å². The largest absolute Gasteiger partial charge is 0.456 e. The summed E-state index contributed by atoms with van der Waals surface area (Å²) in [5, 5.41) is 15.9. The average molecular weight is 517 g/mol. The van der Waals surface area contributed by atoms with Gasteiger partial charge in [-0.15, -0.1) is 0 Å². The first-order valence-electron chi connectivity index (χ1n) is 13.2. The molecule has 6 nitrogen and oxygen atoms in total. The number of nitrogens with two attached hydrogens (primary N) is 1. The minimum Gasteiger partial charge on any atom is -0.456 e. The molecule has 0 aliphatic carbocycles. The lowest BCUT2D eigenvalue weighted by atomic mass is 10.1. The molecule has 0 saturated heterocycles. The molecule has 1 aliphatic heterocycles. The van der Waals surface area contributed by atoms with Gasteiger partial charge in [0.05, 0.1) is 28.2 Å². The molecular formula is C34H22N5O+. The fourth-order valence-electron chi connectivity index (χ4n) is 5.73. The van der Waals surface area contributed by atoms with Gasteiger partial charge >= 0.3 is 0 Å². The van der Waals surface area contributed by atoms with Crippen molar-refractivity contribution in [1.29, 1.82) is 5.26 Å². The summed E-state index contributed by atoms with van der Waals surface area (Å²) >= 11 is 0. The van der Waals surface area contributed by atoms with E-state index in [-0.39, 0.29) is 6.17 Å². The highest BCUT2D eigenvalue weighted by molar-refractivity contribution is 6.20. The van der Waals surface area contributed by atoms with Crippen molar-refractivity contribution in [2.75, 3.05) is 0 Å². The number of aromatic nitrogens is 1. The van der Waals surface area contributed by atoms with Crippen LogP contribution in [0.1, 0.15) is 22.9 Å². The van der Waals surface area contributed by atoms with Crippen LogP contribution in [-0.4, -0.2) is 16.4 Å². The summed E-state index contributed by atoms with van der Waals surface area (Å²) < 4.78 is 8.39. The zero-order valence-corrected chi connectivity index (χ0v) is 21.3. The van der Waals surface area contributed by atoms with Crippen LogP contribution in [0, 0.1) is 11.3 Å². The summed E-state index contributed by atoms with van der Waals surface area (Å²) in [4.78, 5) is 10.3. The second-order valence-corrected chi connectivity index (χ2v) is 9.96. The quantitative estimate of drug-likeness (QED) is 0.285. The zero-order chi connectivity index (χ0) is 26.6. The van der Waals surface area contributed by atoms with E-state index in [9.17, 15) is 5.26 Å². The Balaban J connectivity index is 1.43. The summed E-state index contributed by atoms with van der Waals surface area (Å²) in [7, 11) is 0. The molecule has 2 N–H and O–H groups in total. The molecule has 40 heavy (non-hydrogen) atoms. The molecule has 5 aromatic carbocycles. The molecule has 8 rings (SSSR count). The number of para-hydroxylation sites is 2. The van der Waals surface area contributed by atoms with E-state index in [0.717, 1.165) is 60.7 Å². The first-order chi connectivity index (χ1) is 19.8. The summed E-state index contributed by atoms with van der Waals surface area (Å²) in [6, 6.07) is 40.9.